The van der Waals surface area contributed by atoms with Crippen molar-refractivity contribution in [2.45, 2.75) is 0 Å². The lowest BCUT2D eigenvalue weighted by molar-refractivity contribution is -0.672. The first-order chi connectivity index (χ1) is 16.1. The van der Waals surface area contributed by atoms with Crippen LogP contribution in [0.1, 0.15) is 15.4 Å². The predicted octanol–water partition coefficient (Wildman–Crippen LogP) is 3.06. The number of ketones is 1. The minimum atomic E-state index is -0.783. The van der Waals surface area contributed by atoms with E-state index in [-0.39, 0.29) is 23.1 Å². The average molecular weight is 459 g/mol. The Kier molecular flexibility index (Phi) is 4.27. The minimum absolute atomic E-state index is 0.171. The van der Waals surface area contributed by atoms with E-state index in [9.17, 15) is 9.59 Å². The highest BCUT2D eigenvalue weighted by atomic mass is 32.1. The largest absolute Gasteiger partial charge is 0.454 e. The number of anilines is 1. The number of rotatable bonds is 4. The predicted molar refractivity (Wildman–Crippen MR) is 120 cm³/mol. The Morgan fingerprint density at radius 2 is 1.88 bits per heavy atom. The van der Waals surface area contributed by atoms with Gasteiger partial charge in [0.05, 0.1) is 11.4 Å². The van der Waals surface area contributed by atoms with E-state index in [2.05, 4.69) is 5.27 Å². The maximum Gasteiger partial charge on any atom is 0.439 e. The molecule has 6 rings (SSSR count). The summed E-state index contributed by atoms with van der Waals surface area (Å²) in [5.41, 5.74) is 7.74. The number of nitrogens with one attached hydrogen (secondary N) is 1. The smallest absolute Gasteiger partial charge is 0.439 e. The van der Waals surface area contributed by atoms with Gasteiger partial charge >= 0.3 is 11.3 Å². The highest BCUT2D eigenvalue weighted by Crippen LogP contribution is 2.38. The van der Waals surface area contributed by atoms with Gasteiger partial charge in [0.1, 0.15) is 9.71 Å². The fourth-order valence-electron chi connectivity index (χ4n) is 3.72. The van der Waals surface area contributed by atoms with E-state index in [0.29, 0.717) is 33.1 Å². The van der Waals surface area contributed by atoms with Crippen LogP contribution in [0.4, 0.5) is 5.69 Å². The van der Waals surface area contributed by atoms with E-state index in [0.717, 1.165) is 16.9 Å². The van der Waals surface area contributed by atoms with Crippen LogP contribution in [0, 0.1) is 0 Å². The SMILES string of the molecule is Nc1c(C(=O)c2c(=O)o[nH][n+]2-c2ccccc2)sc2nc(-c3ccc4c(c3)OCO4)ccc12. The van der Waals surface area contributed by atoms with Gasteiger partial charge in [-0.2, -0.15) is 0 Å². The summed E-state index contributed by atoms with van der Waals surface area (Å²) in [6.07, 6.45) is 0. The number of hydrogen-bond donors (Lipinski definition) is 2. The summed E-state index contributed by atoms with van der Waals surface area (Å²) in [4.78, 5) is 31.2. The molecule has 0 saturated carbocycles. The topological polar surface area (TPSA) is 124 Å². The maximum atomic E-state index is 13.4. The Labute approximate surface area is 189 Å². The first-order valence-corrected chi connectivity index (χ1v) is 10.7. The number of aromatic amines is 1. The second-order valence-electron chi connectivity index (χ2n) is 7.29. The van der Waals surface area contributed by atoms with Gasteiger partial charge in [0, 0.05) is 23.1 Å². The van der Waals surface area contributed by atoms with E-state index >= 15 is 0 Å². The van der Waals surface area contributed by atoms with Gasteiger partial charge in [-0.15, -0.1) is 11.3 Å². The molecule has 0 radical (unpaired) electrons. The van der Waals surface area contributed by atoms with Gasteiger partial charge in [-0.3, -0.25) is 9.32 Å². The lowest BCUT2D eigenvalue weighted by atomic mass is 10.1. The number of nitrogens with zero attached hydrogens (tertiary/aromatic N) is 2. The molecule has 9 nitrogen and oxygen atoms in total. The number of carbonyl (C=O) groups excluding carboxylic acids is 1. The molecular weight excluding hydrogens is 444 g/mol. The van der Waals surface area contributed by atoms with E-state index in [1.54, 1.807) is 24.3 Å². The third kappa shape index (κ3) is 3.07. The summed E-state index contributed by atoms with van der Waals surface area (Å²) in [6, 6.07) is 18.1. The van der Waals surface area contributed by atoms with Crippen LogP contribution < -0.4 is 25.5 Å². The number of nitrogen functional groups attached to an aromatic ring is 1. The third-order valence-corrected chi connectivity index (χ3v) is 6.46. The number of benzene rings is 2. The fourth-order valence-corrected chi connectivity index (χ4v) is 4.75. The molecule has 0 spiro atoms. The number of aromatic nitrogens is 3. The average Bonchev–Trinajstić information content (AvgIpc) is 3.55. The number of carbonyl (C=O) groups is 1. The van der Waals surface area contributed by atoms with Crippen LogP contribution in [0.25, 0.3) is 27.2 Å². The third-order valence-electron chi connectivity index (χ3n) is 5.34. The van der Waals surface area contributed by atoms with Crippen LogP contribution in [0.2, 0.25) is 0 Å². The van der Waals surface area contributed by atoms with E-state index in [4.69, 9.17) is 24.7 Å². The number of para-hydroxylation sites is 1. The highest BCUT2D eigenvalue weighted by Gasteiger charge is 2.34. The van der Waals surface area contributed by atoms with Crippen molar-refractivity contribution in [1.82, 2.24) is 10.3 Å². The number of hydrogen-bond acceptors (Lipinski definition) is 8. The van der Waals surface area contributed by atoms with Crippen molar-refractivity contribution in [3.8, 4) is 28.4 Å². The van der Waals surface area contributed by atoms with Crippen molar-refractivity contribution in [2.24, 2.45) is 0 Å². The Hall–Kier alpha value is -4.44. The second-order valence-corrected chi connectivity index (χ2v) is 8.29. The number of nitrogens with two attached hydrogens (primary N) is 1. The van der Waals surface area contributed by atoms with Crippen molar-refractivity contribution >= 4 is 33.0 Å². The molecule has 1 aliphatic heterocycles. The second kappa shape index (κ2) is 7.31. The molecule has 0 saturated heterocycles. The Bertz CT molecular complexity index is 1600. The molecule has 3 N–H and O–H groups in total. The molecule has 2 aromatic carbocycles. The van der Waals surface area contributed by atoms with Crippen molar-refractivity contribution in [2.75, 3.05) is 12.5 Å². The summed E-state index contributed by atoms with van der Waals surface area (Å²) in [5, 5.41) is 3.12. The fraction of sp³-hybridized carbons (Fsp3) is 0.0435. The summed E-state index contributed by atoms with van der Waals surface area (Å²) in [7, 11) is 0. The Balaban J connectivity index is 1.43. The first kappa shape index (κ1) is 19.3. The molecule has 5 aromatic rings. The molecule has 0 aliphatic carbocycles. The molecule has 162 valence electrons. The van der Waals surface area contributed by atoms with Gasteiger partial charge in [0.2, 0.25) is 12.5 Å². The number of pyridine rings is 1. The summed E-state index contributed by atoms with van der Waals surface area (Å²) in [5.74, 6) is 0.796. The zero-order valence-corrected chi connectivity index (χ0v) is 17.7. The van der Waals surface area contributed by atoms with Crippen LogP contribution >= 0.6 is 11.3 Å². The van der Waals surface area contributed by atoms with Gasteiger partial charge in [0.15, 0.2) is 11.5 Å². The van der Waals surface area contributed by atoms with E-state index < -0.39 is 11.4 Å². The lowest BCUT2D eigenvalue weighted by Crippen LogP contribution is -2.41. The van der Waals surface area contributed by atoms with Gasteiger partial charge in [-0.1, -0.05) is 18.2 Å². The van der Waals surface area contributed by atoms with Crippen LogP contribution in [-0.4, -0.2) is 22.8 Å². The van der Waals surface area contributed by atoms with Crippen LogP contribution in [0.15, 0.2) is 70.0 Å². The number of thiophene rings is 1. The van der Waals surface area contributed by atoms with Crippen molar-refractivity contribution in [3.05, 3.63) is 81.7 Å². The van der Waals surface area contributed by atoms with Crippen molar-refractivity contribution in [1.29, 1.82) is 0 Å². The van der Waals surface area contributed by atoms with Gasteiger partial charge in [-0.25, -0.2) is 9.78 Å². The zero-order valence-electron chi connectivity index (χ0n) is 16.9. The van der Waals surface area contributed by atoms with Gasteiger partial charge < -0.3 is 15.2 Å². The number of ether oxygens (including phenoxy) is 2. The summed E-state index contributed by atoms with van der Waals surface area (Å²) >= 11 is 1.13. The summed E-state index contributed by atoms with van der Waals surface area (Å²) in [6.45, 7) is 0.189. The standard InChI is InChI=1S/C23H14N4O5S/c24-18-14-7-8-15(12-6-9-16-17(10-12)31-11-30-16)25-22(14)33-21(18)20(28)19-23(29)32-26-27(19)13-4-2-1-3-5-13/h1-10H,11H2,(H2-,24,26,28,29)/p+1. The molecule has 0 unspecified atom stereocenters. The maximum absolute atomic E-state index is 13.4. The van der Waals surface area contributed by atoms with Gasteiger partial charge in [-0.05, 0) is 40.3 Å². The molecule has 4 heterocycles. The normalized spacial score (nSPS) is 12.4. The molecule has 3 aromatic heterocycles. The number of H-pyrrole nitrogens is 1. The molecule has 0 atom stereocenters. The molecule has 10 heteroatoms. The molecule has 33 heavy (non-hydrogen) atoms. The van der Waals surface area contributed by atoms with Crippen LogP contribution in [-0.2, 0) is 0 Å². The molecule has 0 fully saturated rings. The molecule has 0 amide bonds. The van der Waals surface area contributed by atoms with E-state index in [1.165, 1.54) is 4.68 Å². The monoisotopic (exact) mass is 459 g/mol. The summed E-state index contributed by atoms with van der Waals surface area (Å²) < 4.78 is 17.0. The Morgan fingerprint density at radius 1 is 1.06 bits per heavy atom. The minimum Gasteiger partial charge on any atom is -0.454 e. The lowest BCUT2D eigenvalue weighted by Gasteiger charge is -2.03. The van der Waals surface area contributed by atoms with Crippen molar-refractivity contribution < 1.29 is 23.5 Å². The molecule has 0 bridgehead atoms. The van der Waals surface area contributed by atoms with Crippen LogP contribution in [0.5, 0.6) is 11.5 Å². The first-order valence-electron chi connectivity index (χ1n) is 9.93. The van der Waals surface area contributed by atoms with Gasteiger partial charge in [0.25, 0.3) is 5.78 Å². The zero-order chi connectivity index (χ0) is 22.5. The molecular formula is C23H15N4O5S+. The number of fused-ring (bicyclic) bond motifs is 2. The van der Waals surface area contributed by atoms with Crippen LogP contribution in [0.3, 0.4) is 0 Å². The highest BCUT2D eigenvalue weighted by molar-refractivity contribution is 7.21. The van der Waals surface area contributed by atoms with Crippen molar-refractivity contribution in [3.63, 3.8) is 0 Å². The quantitative estimate of drug-likeness (QED) is 0.313. The van der Waals surface area contributed by atoms with E-state index in [1.807, 2.05) is 36.4 Å². The Morgan fingerprint density at radius 3 is 2.73 bits per heavy atom. The molecule has 1 aliphatic rings.